The Bertz CT molecular complexity index is 1070. The van der Waals surface area contributed by atoms with Gasteiger partial charge in [0.15, 0.2) is 23.0 Å². The van der Waals surface area contributed by atoms with Crippen molar-refractivity contribution in [3.63, 3.8) is 0 Å². The molecule has 0 aliphatic carbocycles. The first-order valence-electron chi connectivity index (χ1n) is 8.15. The van der Waals surface area contributed by atoms with Gasteiger partial charge in [-0.3, -0.25) is 0 Å². The number of ether oxygens (including phenoxy) is 4. The summed E-state index contributed by atoms with van der Waals surface area (Å²) in [5.41, 5.74) is 3.45. The van der Waals surface area contributed by atoms with E-state index in [1.165, 1.54) is 0 Å². The Morgan fingerprint density at radius 3 is 2.38 bits per heavy atom. The second-order valence-corrected chi connectivity index (χ2v) is 6.03. The highest BCUT2D eigenvalue weighted by atomic mass is 16.7. The Labute approximate surface area is 151 Å². The van der Waals surface area contributed by atoms with Crippen LogP contribution in [-0.4, -0.2) is 21.0 Å². The van der Waals surface area contributed by atoms with E-state index in [0.717, 1.165) is 27.5 Å². The molecule has 0 saturated carbocycles. The predicted octanol–water partition coefficient (Wildman–Crippen LogP) is 4.43. The fourth-order valence-electron chi connectivity index (χ4n) is 3.37. The molecular formula is C21H17NO4. The van der Waals surface area contributed by atoms with Crippen LogP contribution in [-0.2, 0) is 0 Å². The zero-order valence-electron chi connectivity index (χ0n) is 14.8. The lowest BCUT2D eigenvalue weighted by Crippen LogP contribution is -1.94. The molecule has 5 nitrogen and oxygen atoms in total. The second kappa shape index (κ2) is 6.16. The molecule has 3 aromatic rings. The summed E-state index contributed by atoms with van der Waals surface area (Å²) in [5, 5.41) is 11.5. The lowest BCUT2D eigenvalue weighted by atomic mass is 9.90. The first-order valence-corrected chi connectivity index (χ1v) is 8.15. The van der Waals surface area contributed by atoms with Crippen molar-refractivity contribution in [1.82, 2.24) is 0 Å². The van der Waals surface area contributed by atoms with Gasteiger partial charge in [-0.2, -0.15) is 5.26 Å². The van der Waals surface area contributed by atoms with Crippen LogP contribution in [0.3, 0.4) is 0 Å². The van der Waals surface area contributed by atoms with Gasteiger partial charge in [0.25, 0.3) is 0 Å². The quantitative estimate of drug-likeness (QED) is 0.701. The van der Waals surface area contributed by atoms with Gasteiger partial charge in [0.1, 0.15) is 0 Å². The van der Waals surface area contributed by atoms with Gasteiger partial charge >= 0.3 is 0 Å². The van der Waals surface area contributed by atoms with Crippen molar-refractivity contribution in [1.29, 1.82) is 5.26 Å². The lowest BCUT2D eigenvalue weighted by molar-refractivity contribution is 0.174. The number of hydrogen-bond acceptors (Lipinski definition) is 5. The minimum absolute atomic E-state index is 0.210. The van der Waals surface area contributed by atoms with Crippen LogP contribution < -0.4 is 18.9 Å². The van der Waals surface area contributed by atoms with Crippen molar-refractivity contribution in [3.05, 3.63) is 47.5 Å². The average Bonchev–Trinajstić information content (AvgIpc) is 3.12. The van der Waals surface area contributed by atoms with Crippen LogP contribution in [0, 0.1) is 18.3 Å². The van der Waals surface area contributed by atoms with Crippen LogP contribution in [0.25, 0.3) is 21.9 Å². The van der Waals surface area contributed by atoms with E-state index in [0.29, 0.717) is 28.6 Å². The average molecular weight is 347 g/mol. The summed E-state index contributed by atoms with van der Waals surface area (Å²) in [7, 11) is 3.21. The number of methoxy groups -OCH3 is 2. The fraction of sp³-hybridized carbons (Fsp3) is 0.190. The molecule has 0 unspecified atom stereocenters. The smallest absolute Gasteiger partial charge is 0.231 e. The number of benzene rings is 3. The number of rotatable bonds is 3. The summed E-state index contributed by atoms with van der Waals surface area (Å²) >= 11 is 0. The van der Waals surface area contributed by atoms with Crippen LogP contribution in [0.2, 0.25) is 0 Å². The van der Waals surface area contributed by atoms with Gasteiger partial charge in [0.05, 0.1) is 25.9 Å². The van der Waals surface area contributed by atoms with Gasteiger partial charge in [-0.25, -0.2) is 0 Å². The normalized spacial score (nSPS) is 12.1. The molecule has 1 heterocycles. The zero-order valence-corrected chi connectivity index (χ0v) is 14.8. The molecule has 5 heteroatoms. The largest absolute Gasteiger partial charge is 0.493 e. The molecule has 0 N–H and O–H groups in total. The fourth-order valence-corrected chi connectivity index (χ4v) is 3.37. The summed E-state index contributed by atoms with van der Waals surface area (Å²) < 4.78 is 21.8. The first kappa shape index (κ1) is 16.1. The minimum Gasteiger partial charge on any atom is -0.493 e. The Balaban J connectivity index is 2.05. The van der Waals surface area contributed by atoms with Gasteiger partial charge in [0.2, 0.25) is 6.79 Å². The summed E-state index contributed by atoms with van der Waals surface area (Å²) in [6.07, 6.45) is 0. The number of hydrogen-bond donors (Lipinski definition) is 0. The Kier molecular flexibility index (Phi) is 3.81. The summed E-state index contributed by atoms with van der Waals surface area (Å²) in [6.45, 7) is 2.16. The maximum absolute atomic E-state index is 9.57. The molecule has 0 spiro atoms. The summed E-state index contributed by atoms with van der Waals surface area (Å²) in [5.74, 6) is 2.71. The van der Waals surface area contributed by atoms with Crippen molar-refractivity contribution in [2.45, 2.75) is 6.92 Å². The number of nitriles is 1. The zero-order chi connectivity index (χ0) is 18.3. The van der Waals surface area contributed by atoms with E-state index in [2.05, 4.69) is 6.07 Å². The molecule has 0 aromatic heterocycles. The monoisotopic (exact) mass is 347 g/mol. The topological polar surface area (TPSA) is 60.7 Å². The van der Waals surface area contributed by atoms with E-state index in [-0.39, 0.29) is 6.79 Å². The van der Waals surface area contributed by atoms with Gasteiger partial charge in [-0.15, -0.1) is 0 Å². The molecule has 0 fully saturated rings. The molecule has 0 bridgehead atoms. The number of fused-ring (bicyclic) bond motifs is 2. The van der Waals surface area contributed by atoms with E-state index in [9.17, 15) is 5.26 Å². The van der Waals surface area contributed by atoms with Crippen molar-refractivity contribution < 1.29 is 18.9 Å². The van der Waals surface area contributed by atoms with Crippen molar-refractivity contribution in [2.24, 2.45) is 0 Å². The third-order valence-electron chi connectivity index (χ3n) is 4.69. The maximum Gasteiger partial charge on any atom is 0.231 e. The minimum atomic E-state index is 0.210. The highest BCUT2D eigenvalue weighted by Crippen LogP contribution is 2.43. The van der Waals surface area contributed by atoms with E-state index in [1.54, 1.807) is 14.2 Å². The molecule has 0 amide bonds. The SMILES string of the molecule is COc1ccc(-c2c(C)c(C#N)cc3cc4c(cc23)OCO4)cc1OC. The van der Waals surface area contributed by atoms with E-state index < -0.39 is 0 Å². The van der Waals surface area contributed by atoms with Crippen molar-refractivity contribution >= 4 is 10.8 Å². The summed E-state index contributed by atoms with van der Waals surface area (Å²) in [4.78, 5) is 0. The van der Waals surface area contributed by atoms with Crippen molar-refractivity contribution in [2.75, 3.05) is 21.0 Å². The lowest BCUT2D eigenvalue weighted by Gasteiger charge is -2.15. The molecule has 130 valence electrons. The van der Waals surface area contributed by atoms with E-state index in [1.807, 2.05) is 43.3 Å². The van der Waals surface area contributed by atoms with Crippen LogP contribution in [0.1, 0.15) is 11.1 Å². The van der Waals surface area contributed by atoms with Gasteiger partial charge in [-0.05, 0) is 64.7 Å². The van der Waals surface area contributed by atoms with E-state index in [4.69, 9.17) is 18.9 Å². The highest BCUT2D eigenvalue weighted by Gasteiger charge is 2.19. The van der Waals surface area contributed by atoms with Crippen LogP contribution >= 0.6 is 0 Å². The van der Waals surface area contributed by atoms with E-state index >= 15 is 0 Å². The standard InChI is InChI=1S/C21H17NO4/c1-12-15(10-22)6-14-8-19-20(26-11-25-19)9-16(14)21(12)13-4-5-17(23-2)18(7-13)24-3/h4-9H,11H2,1-3H3. The molecule has 0 saturated heterocycles. The highest BCUT2D eigenvalue weighted by molar-refractivity contribution is 6.01. The van der Waals surface area contributed by atoms with Crippen LogP contribution in [0.5, 0.6) is 23.0 Å². The maximum atomic E-state index is 9.57. The van der Waals surface area contributed by atoms with Gasteiger partial charge in [-0.1, -0.05) is 6.07 Å². The first-order chi connectivity index (χ1) is 12.7. The second-order valence-electron chi connectivity index (χ2n) is 6.03. The molecule has 1 aliphatic heterocycles. The van der Waals surface area contributed by atoms with Crippen LogP contribution in [0.15, 0.2) is 36.4 Å². The molecule has 1 aliphatic rings. The molecule has 3 aromatic carbocycles. The predicted molar refractivity (Wildman–Crippen MR) is 98.1 cm³/mol. The van der Waals surface area contributed by atoms with Crippen molar-refractivity contribution in [3.8, 4) is 40.2 Å². The Morgan fingerprint density at radius 1 is 0.962 bits per heavy atom. The third kappa shape index (κ3) is 2.39. The Morgan fingerprint density at radius 2 is 1.69 bits per heavy atom. The summed E-state index contributed by atoms with van der Waals surface area (Å²) in [6, 6.07) is 13.8. The molecular weight excluding hydrogens is 330 g/mol. The number of nitrogens with zero attached hydrogens (tertiary/aromatic N) is 1. The third-order valence-corrected chi connectivity index (χ3v) is 4.69. The molecule has 0 radical (unpaired) electrons. The van der Waals surface area contributed by atoms with Gasteiger partial charge < -0.3 is 18.9 Å². The van der Waals surface area contributed by atoms with Gasteiger partial charge in [0, 0.05) is 0 Å². The molecule has 26 heavy (non-hydrogen) atoms. The molecule has 0 atom stereocenters. The Hall–Kier alpha value is -3.39. The van der Waals surface area contributed by atoms with Crippen LogP contribution in [0.4, 0.5) is 0 Å². The molecule has 4 rings (SSSR count).